The van der Waals surface area contributed by atoms with Crippen molar-refractivity contribution in [1.82, 2.24) is 4.98 Å². The fraction of sp³-hybridized carbons (Fsp3) is 0. The molecule has 4 heteroatoms. The number of pyridine rings is 1. The van der Waals surface area contributed by atoms with Gasteiger partial charge in [0.2, 0.25) is 0 Å². The van der Waals surface area contributed by atoms with Gasteiger partial charge < -0.3 is 5.73 Å². The van der Waals surface area contributed by atoms with Crippen LogP contribution in [-0.2, 0) is 5.11 Å². The molecule has 0 saturated heterocycles. The lowest BCUT2D eigenvalue weighted by atomic mass is 10.3. The number of carbonyl (C=O) groups excluding carboxylic acids is 1. The Morgan fingerprint density at radius 1 is 1.60 bits per heavy atom. The normalized spacial score (nSPS) is 9.20. The van der Waals surface area contributed by atoms with Gasteiger partial charge in [-0.2, -0.15) is 0 Å². The van der Waals surface area contributed by atoms with Gasteiger partial charge in [-0.25, -0.2) is 14.9 Å². The molecule has 0 atom stereocenters. The fourth-order valence-corrected chi connectivity index (χ4v) is 0.590. The number of rotatable bonds is 1. The number of nitrogens with two attached hydrogens (primary N) is 1. The van der Waals surface area contributed by atoms with E-state index in [1.165, 1.54) is 18.3 Å². The summed E-state index contributed by atoms with van der Waals surface area (Å²) in [7, 11) is 0. The third-order valence-electron chi connectivity index (χ3n) is 1.06. The molecular weight excluding hydrogens is 132 g/mol. The van der Waals surface area contributed by atoms with Crippen LogP contribution in [0, 0.1) is 0 Å². The molecule has 1 rings (SSSR count). The Morgan fingerprint density at radius 3 is 2.70 bits per heavy atom. The van der Waals surface area contributed by atoms with Gasteiger partial charge in [-0.1, -0.05) is 0 Å². The SMILES string of the molecule is Nc1ncccc1C([O])=O. The standard InChI is InChI=1S/C6H5N2O2/c7-5-4(6(9)10)2-1-3-8-5/h1-3H,(H2,7,8). The van der Waals surface area contributed by atoms with Crippen LogP contribution in [0.15, 0.2) is 18.3 Å². The number of carbonyl (C=O) groups is 1. The quantitative estimate of drug-likeness (QED) is 0.602. The third kappa shape index (κ3) is 1.05. The molecule has 0 unspecified atom stereocenters. The Hall–Kier alpha value is -1.58. The van der Waals surface area contributed by atoms with Crippen molar-refractivity contribution in [2.75, 3.05) is 5.73 Å². The van der Waals surface area contributed by atoms with Gasteiger partial charge >= 0.3 is 5.97 Å². The molecule has 0 fully saturated rings. The minimum atomic E-state index is -1.30. The Balaban J connectivity index is 3.15. The molecule has 10 heavy (non-hydrogen) atoms. The molecule has 0 aliphatic heterocycles. The summed E-state index contributed by atoms with van der Waals surface area (Å²) in [4.78, 5) is 13.7. The first-order chi connectivity index (χ1) is 4.72. The first-order valence-electron chi connectivity index (χ1n) is 2.63. The first-order valence-corrected chi connectivity index (χ1v) is 2.63. The highest BCUT2D eigenvalue weighted by molar-refractivity contribution is 5.91. The van der Waals surface area contributed by atoms with E-state index in [1.54, 1.807) is 0 Å². The summed E-state index contributed by atoms with van der Waals surface area (Å²) in [5, 5.41) is 10.2. The number of hydrogen-bond acceptors (Lipinski definition) is 3. The maximum Gasteiger partial charge on any atom is 0.390 e. The van der Waals surface area contributed by atoms with Crippen LogP contribution in [0.3, 0.4) is 0 Å². The van der Waals surface area contributed by atoms with Crippen LogP contribution in [0.25, 0.3) is 0 Å². The molecule has 1 aromatic heterocycles. The molecule has 0 bridgehead atoms. The minimum Gasteiger partial charge on any atom is -0.383 e. The number of aromatic nitrogens is 1. The fourth-order valence-electron chi connectivity index (χ4n) is 0.590. The molecule has 0 aliphatic rings. The molecule has 1 aromatic rings. The van der Waals surface area contributed by atoms with E-state index in [4.69, 9.17) is 5.73 Å². The predicted octanol–water partition coefficient (Wildman–Crippen LogP) is 0.235. The van der Waals surface area contributed by atoms with E-state index in [9.17, 15) is 9.90 Å². The number of hydrogen-bond donors (Lipinski definition) is 1. The molecule has 2 N–H and O–H groups in total. The van der Waals surface area contributed by atoms with E-state index in [1.807, 2.05) is 0 Å². The van der Waals surface area contributed by atoms with Crippen molar-refractivity contribution in [1.29, 1.82) is 0 Å². The van der Waals surface area contributed by atoms with Crippen molar-refractivity contribution < 1.29 is 9.90 Å². The third-order valence-corrected chi connectivity index (χ3v) is 1.06. The summed E-state index contributed by atoms with van der Waals surface area (Å²) in [5.74, 6) is -1.31. The van der Waals surface area contributed by atoms with Crippen LogP contribution in [0.4, 0.5) is 5.82 Å². The second-order valence-corrected chi connectivity index (χ2v) is 1.72. The van der Waals surface area contributed by atoms with Gasteiger partial charge in [-0.05, 0) is 12.1 Å². The number of nitrogen functional groups attached to an aromatic ring is 1. The van der Waals surface area contributed by atoms with Gasteiger partial charge in [-0.15, -0.1) is 0 Å². The van der Waals surface area contributed by atoms with E-state index in [-0.39, 0.29) is 11.4 Å². The van der Waals surface area contributed by atoms with E-state index < -0.39 is 5.97 Å². The smallest absolute Gasteiger partial charge is 0.383 e. The van der Waals surface area contributed by atoms with Gasteiger partial charge in [0, 0.05) is 6.20 Å². The predicted molar refractivity (Wildman–Crippen MR) is 33.7 cm³/mol. The first kappa shape index (κ1) is 6.54. The zero-order valence-electron chi connectivity index (χ0n) is 5.07. The summed E-state index contributed by atoms with van der Waals surface area (Å²) in [6, 6.07) is 2.83. The largest absolute Gasteiger partial charge is 0.390 e. The van der Waals surface area contributed by atoms with Crippen molar-refractivity contribution in [3.05, 3.63) is 23.9 Å². The van der Waals surface area contributed by atoms with Crippen molar-refractivity contribution in [3.8, 4) is 0 Å². The molecule has 0 aliphatic carbocycles. The molecule has 1 heterocycles. The van der Waals surface area contributed by atoms with Crippen LogP contribution in [0.5, 0.6) is 0 Å². The molecule has 0 spiro atoms. The maximum absolute atomic E-state index is 10.2. The average molecular weight is 137 g/mol. The van der Waals surface area contributed by atoms with Crippen LogP contribution < -0.4 is 5.73 Å². The highest BCUT2D eigenvalue weighted by Crippen LogP contribution is 2.05. The summed E-state index contributed by atoms with van der Waals surface area (Å²) in [6.07, 6.45) is 1.42. The van der Waals surface area contributed by atoms with Crippen molar-refractivity contribution in [2.45, 2.75) is 0 Å². The van der Waals surface area contributed by atoms with Gasteiger partial charge in [0.15, 0.2) is 0 Å². The van der Waals surface area contributed by atoms with Gasteiger partial charge in [0.05, 0.1) is 0 Å². The van der Waals surface area contributed by atoms with Gasteiger partial charge in [0.25, 0.3) is 0 Å². The van der Waals surface area contributed by atoms with Gasteiger partial charge in [0.1, 0.15) is 11.4 Å². The van der Waals surface area contributed by atoms with E-state index >= 15 is 0 Å². The molecule has 0 aromatic carbocycles. The van der Waals surface area contributed by atoms with E-state index in [0.717, 1.165) is 0 Å². The van der Waals surface area contributed by atoms with Crippen LogP contribution >= 0.6 is 0 Å². The summed E-state index contributed by atoms with van der Waals surface area (Å²) in [5.41, 5.74) is 5.12. The highest BCUT2D eigenvalue weighted by atomic mass is 16.4. The minimum absolute atomic E-state index is 0.0116. The summed E-state index contributed by atoms with van der Waals surface area (Å²) < 4.78 is 0. The monoisotopic (exact) mass is 137 g/mol. The second-order valence-electron chi connectivity index (χ2n) is 1.72. The Bertz CT molecular complexity index is 260. The van der Waals surface area contributed by atoms with Crippen LogP contribution in [0.1, 0.15) is 10.4 Å². The Morgan fingerprint density at radius 2 is 2.30 bits per heavy atom. The molecule has 4 nitrogen and oxygen atoms in total. The lowest BCUT2D eigenvalue weighted by molar-refractivity contribution is 0.0574. The summed E-state index contributed by atoms with van der Waals surface area (Å²) >= 11 is 0. The van der Waals surface area contributed by atoms with Gasteiger partial charge in [-0.3, -0.25) is 0 Å². The number of anilines is 1. The van der Waals surface area contributed by atoms with E-state index in [2.05, 4.69) is 4.98 Å². The van der Waals surface area contributed by atoms with Crippen LogP contribution in [-0.4, -0.2) is 11.0 Å². The molecular formula is C6H5N2O2. The lowest BCUT2D eigenvalue weighted by Gasteiger charge is -1.93. The Labute approximate surface area is 57.3 Å². The zero-order chi connectivity index (χ0) is 7.56. The maximum atomic E-state index is 10.2. The molecule has 1 radical (unpaired) electrons. The topological polar surface area (TPSA) is 75.9 Å². The highest BCUT2D eigenvalue weighted by Gasteiger charge is 2.07. The zero-order valence-corrected chi connectivity index (χ0v) is 5.07. The summed E-state index contributed by atoms with van der Waals surface area (Å²) in [6.45, 7) is 0. The molecule has 51 valence electrons. The molecule has 0 saturated carbocycles. The van der Waals surface area contributed by atoms with Crippen LogP contribution in [0.2, 0.25) is 0 Å². The van der Waals surface area contributed by atoms with E-state index in [0.29, 0.717) is 0 Å². The average Bonchev–Trinajstić information content (AvgIpc) is 1.88. The lowest BCUT2D eigenvalue weighted by Crippen LogP contribution is -2.01. The van der Waals surface area contributed by atoms with Crippen molar-refractivity contribution in [3.63, 3.8) is 0 Å². The van der Waals surface area contributed by atoms with Crippen molar-refractivity contribution in [2.24, 2.45) is 0 Å². The Kier molecular flexibility index (Phi) is 1.53. The van der Waals surface area contributed by atoms with Crippen molar-refractivity contribution >= 4 is 11.8 Å². The second kappa shape index (κ2) is 2.34. The molecule has 0 amide bonds. The number of nitrogens with zero attached hydrogens (tertiary/aromatic N) is 1.